The zero-order valence-electron chi connectivity index (χ0n) is 16.2. The monoisotopic (exact) mass is 444 g/mol. The molecular formula is C21H25BrN4S. The Kier molecular flexibility index (Phi) is 7.68. The first kappa shape index (κ1) is 21.3. The van der Waals surface area contributed by atoms with Gasteiger partial charge in [0, 0.05) is 23.7 Å². The molecule has 0 N–H and O–H groups in total. The molecule has 0 fully saturated rings. The van der Waals surface area contributed by atoms with Gasteiger partial charge >= 0.3 is 5.13 Å². The molecule has 0 unspecified atom stereocenters. The average Bonchev–Trinajstić information content (AvgIpc) is 2.97. The molecule has 1 aromatic heterocycles. The molecule has 6 heteroatoms. The van der Waals surface area contributed by atoms with Crippen LogP contribution in [0.5, 0.6) is 0 Å². The lowest BCUT2D eigenvalue weighted by molar-refractivity contribution is -0.654. The topological polar surface area (TPSA) is 31.8 Å². The summed E-state index contributed by atoms with van der Waals surface area (Å²) in [6, 6.07) is 17.0. The molecule has 0 amide bonds. The predicted molar refractivity (Wildman–Crippen MR) is 109 cm³/mol. The molecule has 0 bridgehead atoms. The summed E-state index contributed by atoms with van der Waals surface area (Å²) in [5.74, 6) is 0. The minimum atomic E-state index is 0. The molecule has 0 saturated carbocycles. The summed E-state index contributed by atoms with van der Waals surface area (Å²) in [6.45, 7) is 8.22. The van der Waals surface area contributed by atoms with Gasteiger partial charge < -0.3 is 21.9 Å². The average molecular weight is 445 g/mol. The second-order valence-electron chi connectivity index (χ2n) is 6.41. The van der Waals surface area contributed by atoms with E-state index in [0.717, 1.165) is 29.5 Å². The number of hydrogen-bond donors (Lipinski definition) is 0. The highest BCUT2D eigenvalue weighted by Crippen LogP contribution is 2.28. The summed E-state index contributed by atoms with van der Waals surface area (Å²) in [6.07, 6.45) is 2.07. The van der Waals surface area contributed by atoms with E-state index in [1.54, 1.807) is 11.3 Å². The molecule has 0 atom stereocenters. The van der Waals surface area contributed by atoms with Crippen LogP contribution in [0.25, 0.3) is 0 Å². The van der Waals surface area contributed by atoms with Gasteiger partial charge in [0.2, 0.25) is 0 Å². The maximum absolute atomic E-state index is 4.46. The van der Waals surface area contributed by atoms with Crippen LogP contribution in [0, 0.1) is 13.8 Å². The molecule has 2 aromatic carbocycles. The SMILES string of the molecule is CCN(Cc1ccccc1)c1ccc(N=Nc2sc(C)c[n+]2C)c(C)c1.[Br-]. The van der Waals surface area contributed by atoms with Gasteiger partial charge in [0.1, 0.15) is 11.9 Å². The van der Waals surface area contributed by atoms with Gasteiger partial charge in [-0.1, -0.05) is 30.3 Å². The Morgan fingerprint density at radius 3 is 2.37 bits per heavy atom. The summed E-state index contributed by atoms with van der Waals surface area (Å²) < 4.78 is 2.01. The number of hydrogen-bond acceptors (Lipinski definition) is 4. The fourth-order valence-corrected chi connectivity index (χ4v) is 3.67. The normalized spacial score (nSPS) is 10.8. The lowest BCUT2D eigenvalue weighted by atomic mass is 10.1. The molecule has 0 saturated heterocycles. The van der Waals surface area contributed by atoms with E-state index in [4.69, 9.17) is 0 Å². The summed E-state index contributed by atoms with van der Waals surface area (Å²) in [4.78, 5) is 3.60. The van der Waals surface area contributed by atoms with Crippen LogP contribution in [0.3, 0.4) is 0 Å². The number of thiazole rings is 1. The van der Waals surface area contributed by atoms with E-state index in [9.17, 15) is 0 Å². The van der Waals surface area contributed by atoms with Crippen LogP contribution in [0.4, 0.5) is 16.5 Å². The Bertz CT molecular complexity index is 906. The van der Waals surface area contributed by atoms with Crippen LogP contribution in [0.15, 0.2) is 65.0 Å². The van der Waals surface area contributed by atoms with Gasteiger partial charge in [-0.3, -0.25) is 0 Å². The van der Waals surface area contributed by atoms with E-state index in [-0.39, 0.29) is 17.0 Å². The molecule has 3 rings (SSSR count). The number of nitrogens with zero attached hydrogens (tertiary/aromatic N) is 4. The second-order valence-corrected chi connectivity index (χ2v) is 7.62. The first-order chi connectivity index (χ1) is 12.6. The number of benzene rings is 2. The summed E-state index contributed by atoms with van der Waals surface area (Å²) in [7, 11) is 2.00. The Labute approximate surface area is 176 Å². The molecule has 0 aliphatic rings. The number of aryl methyl sites for hydroxylation is 3. The minimum Gasteiger partial charge on any atom is -1.00 e. The van der Waals surface area contributed by atoms with Crippen LogP contribution in [0.1, 0.15) is 22.9 Å². The van der Waals surface area contributed by atoms with E-state index in [1.807, 2.05) is 11.6 Å². The standard InChI is InChI=1S/C21H25N4S.BrH/c1-5-25(15-18-9-7-6-8-10-18)19-11-12-20(16(2)13-19)22-23-21-24(4)14-17(3)26-21;/h6-14H,5,15H2,1-4H3;1H/q+1;/p-1. The summed E-state index contributed by atoms with van der Waals surface area (Å²) in [5.41, 5.74) is 4.57. The highest BCUT2D eigenvalue weighted by atomic mass is 79.9. The van der Waals surface area contributed by atoms with Gasteiger partial charge in [-0.05, 0) is 66.5 Å². The molecule has 0 aliphatic carbocycles. The molecule has 4 nitrogen and oxygen atoms in total. The fraction of sp³-hybridized carbons (Fsp3) is 0.286. The van der Waals surface area contributed by atoms with Gasteiger partial charge in [-0.25, -0.2) is 4.57 Å². The van der Waals surface area contributed by atoms with Gasteiger partial charge in [-0.15, -0.1) is 0 Å². The van der Waals surface area contributed by atoms with Crippen molar-refractivity contribution in [3.05, 3.63) is 70.7 Å². The van der Waals surface area contributed by atoms with Crippen molar-refractivity contribution in [1.82, 2.24) is 0 Å². The van der Waals surface area contributed by atoms with Crippen molar-refractivity contribution in [3.8, 4) is 0 Å². The van der Waals surface area contributed by atoms with Crippen molar-refractivity contribution in [2.24, 2.45) is 17.3 Å². The lowest BCUT2D eigenvalue weighted by Gasteiger charge is -2.23. The Balaban J connectivity index is 0.00000261. The van der Waals surface area contributed by atoms with Crippen LogP contribution >= 0.6 is 11.3 Å². The van der Waals surface area contributed by atoms with E-state index in [0.29, 0.717) is 0 Å². The first-order valence-electron chi connectivity index (χ1n) is 8.84. The predicted octanol–water partition coefficient (Wildman–Crippen LogP) is 2.64. The van der Waals surface area contributed by atoms with Gasteiger partial charge in [0.25, 0.3) is 0 Å². The van der Waals surface area contributed by atoms with Crippen molar-refractivity contribution < 1.29 is 21.5 Å². The fourth-order valence-electron chi connectivity index (χ4n) is 2.90. The van der Waals surface area contributed by atoms with Crippen LogP contribution < -0.4 is 26.4 Å². The third kappa shape index (κ3) is 5.47. The molecule has 1 heterocycles. The van der Waals surface area contributed by atoms with Gasteiger partial charge in [0.15, 0.2) is 0 Å². The van der Waals surface area contributed by atoms with Crippen molar-refractivity contribution >= 4 is 27.8 Å². The third-order valence-corrected chi connectivity index (χ3v) is 5.30. The largest absolute Gasteiger partial charge is 1.00 e. The number of anilines is 1. The van der Waals surface area contributed by atoms with E-state index in [2.05, 4.69) is 90.6 Å². The smallest absolute Gasteiger partial charge is 0.408 e. The number of azo groups is 1. The minimum absolute atomic E-state index is 0. The molecule has 0 aliphatic heterocycles. The van der Waals surface area contributed by atoms with Crippen LogP contribution in [-0.4, -0.2) is 6.54 Å². The number of aromatic nitrogens is 1. The van der Waals surface area contributed by atoms with Crippen molar-refractivity contribution in [1.29, 1.82) is 0 Å². The maximum Gasteiger partial charge on any atom is 0.408 e. The molecule has 142 valence electrons. The van der Waals surface area contributed by atoms with Crippen LogP contribution in [0.2, 0.25) is 0 Å². The summed E-state index contributed by atoms with van der Waals surface area (Å²) >= 11 is 1.65. The first-order valence-corrected chi connectivity index (χ1v) is 9.66. The number of halogens is 1. The van der Waals surface area contributed by atoms with Gasteiger partial charge in [-0.2, -0.15) is 0 Å². The van der Waals surface area contributed by atoms with Crippen LogP contribution in [-0.2, 0) is 13.6 Å². The Hall–Kier alpha value is -2.05. The van der Waals surface area contributed by atoms with Crippen molar-refractivity contribution in [2.75, 3.05) is 11.4 Å². The molecule has 3 aromatic rings. The molecular weight excluding hydrogens is 420 g/mol. The zero-order valence-corrected chi connectivity index (χ0v) is 18.6. The number of rotatable bonds is 6. The third-order valence-electron chi connectivity index (χ3n) is 4.32. The second kappa shape index (κ2) is 9.76. The van der Waals surface area contributed by atoms with E-state index >= 15 is 0 Å². The maximum atomic E-state index is 4.46. The van der Waals surface area contributed by atoms with Gasteiger partial charge in [0.05, 0.1) is 12.2 Å². The summed E-state index contributed by atoms with van der Waals surface area (Å²) in [5, 5.41) is 9.78. The quantitative estimate of drug-likeness (QED) is 0.424. The zero-order chi connectivity index (χ0) is 18.5. The molecule has 27 heavy (non-hydrogen) atoms. The molecule has 0 spiro atoms. The highest BCUT2D eigenvalue weighted by Gasteiger charge is 2.12. The van der Waals surface area contributed by atoms with Crippen molar-refractivity contribution in [2.45, 2.75) is 27.3 Å². The lowest BCUT2D eigenvalue weighted by Crippen LogP contribution is -3.00. The van der Waals surface area contributed by atoms with Crippen molar-refractivity contribution in [3.63, 3.8) is 0 Å². The van der Waals surface area contributed by atoms with E-state index < -0.39 is 0 Å². The molecule has 0 radical (unpaired) electrons. The Morgan fingerprint density at radius 1 is 1.04 bits per heavy atom. The highest BCUT2D eigenvalue weighted by molar-refractivity contribution is 7.14. The van der Waals surface area contributed by atoms with E-state index in [1.165, 1.54) is 16.1 Å². The Morgan fingerprint density at radius 2 is 1.78 bits per heavy atom.